The van der Waals surface area contributed by atoms with Gasteiger partial charge in [-0.3, -0.25) is 0 Å². The minimum absolute atomic E-state index is 0.167. The highest BCUT2D eigenvalue weighted by Gasteiger charge is 2.40. The maximum Gasteiger partial charge on any atom is 0.223 e. The van der Waals surface area contributed by atoms with Crippen molar-refractivity contribution < 1.29 is 9.47 Å². The molecule has 0 saturated heterocycles. The Labute approximate surface area is 224 Å². The highest BCUT2D eigenvalue weighted by Crippen LogP contribution is 2.45. The van der Waals surface area contributed by atoms with Gasteiger partial charge in [-0.1, -0.05) is 127 Å². The monoisotopic (exact) mass is 498 g/mol. The molecule has 0 radical (unpaired) electrons. The summed E-state index contributed by atoms with van der Waals surface area (Å²) in [6.07, 6.45) is -0.473. The van der Waals surface area contributed by atoms with Gasteiger partial charge in [0.15, 0.2) is 12.2 Å². The van der Waals surface area contributed by atoms with Crippen molar-refractivity contribution in [3.05, 3.63) is 155 Å². The second-order valence-electron chi connectivity index (χ2n) is 9.85. The number of hydrogen-bond donors (Lipinski definition) is 0. The van der Waals surface area contributed by atoms with Crippen molar-refractivity contribution in [2.45, 2.75) is 38.1 Å². The predicted molar refractivity (Wildman–Crippen MR) is 152 cm³/mol. The van der Waals surface area contributed by atoms with Crippen molar-refractivity contribution in [2.75, 3.05) is 0 Å². The lowest BCUT2D eigenvalue weighted by atomic mass is 9.97. The van der Waals surface area contributed by atoms with Crippen molar-refractivity contribution in [3.63, 3.8) is 0 Å². The minimum Gasteiger partial charge on any atom is -0.466 e. The Hall–Kier alpha value is -4.44. The quantitative estimate of drug-likeness (QED) is 0.269. The second-order valence-corrected chi connectivity index (χ2v) is 9.85. The van der Waals surface area contributed by atoms with Crippen LogP contribution >= 0.6 is 0 Å². The molecule has 0 fully saturated rings. The zero-order chi connectivity index (χ0) is 25.9. The van der Waals surface area contributed by atoms with Crippen LogP contribution in [0.25, 0.3) is 0 Å². The molecule has 0 saturated carbocycles. The van der Waals surface area contributed by atoms with Crippen LogP contribution in [0, 0.1) is 0 Å². The Morgan fingerprint density at radius 1 is 0.474 bits per heavy atom. The molecular formula is C34H30N2O2. The van der Waals surface area contributed by atoms with Gasteiger partial charge < -0.3 is 9.47 Å². The van der Waals surface area contributed by atoms with Crippen molar-refractivity contribution >= 4 is 11.8 Å². The first kappa shape index (κ1) is 23.9. The molecule has 188 valence electrons. The molecule has 4 aromatic carbocycles. The molecule has 2 aliphatic heterocycles. The highest BCUT2D eigenvalue weighted by atomic mass is 16.5. The first-order valence-electron chi connectivity index (χ1n) is 13.1. The van der Waals surface area contributed by atoms with Gasteiger partial charge >= 0.3 is 0 Å². The van der Waals surface area contributed by atoms with Crippen molar-refractivity contribution in [1.82, 2.24) is 0 Å². The van der Waals surface area contributed by atoms with Crippen molar-refractivity contribution in [2.24, 2.45) is 9.98 Å². The maximum atomic E-state index is 6.66. The summed E-state index contributed by atoms with van der Waals surface area (Å²) in [6, 6.07) is 41.0. The third kappa shape index (κ3) is 4.66. The lowest BCUT2D eigenvalue weighted by Gasteiger charge is -2.20. The van der Waals surface area contributed by atoms with E-state index in [1.54, 1.807) is 0 Å². The van der Waals surface area contributed by atoms with Gasteiger partial charge in [0.2, 0.25) is 11.8 Å². The van der Waals surface area contributed by atoms with Crippen LogP contribution in [0.2, 0.25) is 0 Å². The Morgan fingerprint density at radius 2 is 0.789 bits per heavy atom. The molecule has 0 aromatic heterocycles. The lowest BCUT2D eigenvalue weighted by Crippen LogP contribution is -2.17. The summed E-state index contributed by atoms with van der Waals surface area (Å²) >= 11 is 0. The summed E-state index contributed by atoms with van der Waals surface area (Å²) in [4.78, 5) is 10.3. The van der Waals surface area contributed by atoms with Crippen LogP contribution in [0.4, 0.5) is 0 Å². The smallest absolute Gasteiger partial charge is 0.223 e. The third-order valence-electron chi connectivity index (χ3n) is 7.03. The SMILES string of the molecule is CC(C)=C(C1=N[C@H](c2ccccc2)[C@H](c2ccccc2)O1)C1=N[C@H](c2ccccc2)[C@H](c2ccccc2)O1. The minimum atomic E-state index is -0.236. The van der Waals surface area contributed by atoms with Crippen LogP contribution in [-0.4, -0.2) is 11.8 Å². The van der Waals surface area contributed by atoms with Crippen LogP contribution in [-0.2, 0) is 9.47 Å². The van der Waals surface area contributed by atoms with E-state index in [2.05, 4.69) is 62.4 Å². The van der Waals surface area contributed by atoms with E-state index in [1.807, 2.05) is 72.8 Å². The summed E-state index contributed by atoms with van der Waals surface area (Å²) in [7, 11) is 0. The molecule has 0 bridgehead atoms. The van der Waals surface area contributed by atoms with Gasteiger partial charge in [-0.2, -0.15) is 0 Å². The molecule has 0 aliphatic carbocycles. The van der Waals surface area contributed by atoms with E-state index in [0.29, 0.717) is 11.8 Å². The summed E-state index contributed by atoms with van der Waals surface area (Å²) in [6.45, 7) is 4.13. The molecule has 2 aliphatic rings. The molecule has 6 rings (SSSR count). The highest BCUT2D eigenvalue weighted by molar-refractivity contribution is 6.20. The van der Waals surface area contributed by atoms with E-state index in [4.69, 9.17) is 19.5 Å². The summed E-state index contributed by atoms with van der Waals surface area (Å²) in [5.41, 5.74) is 6.28. The van der Waals surface area contributed by atoms with E-state index in [9.17, 15) is 0 Å². The van der Waals surface area contributed by atoms with E-state index in [1.165, 1.54) is 0 Å². The fourth-order valence-electron chi connectivity index (χ4n) is 5.17. The summed E-state index contributed by atoms with van der Waals surface area (Å²) in [5.74, 6) is 1.15. The number of hydrogen-bond acceptors (Lipinski definition) is 4. The fourth-order valence-corrected chi connectivity index (χ4v) is 5.17. The van der Waals surface area contributed by atoms with Gasteiger partial charge in [0.25, 0.3) is 0 Å². The Balaban J connectivity index is 1.41. The summed E-state index contributed by atoms with van der Waals surface area (Å²) < 4.78 is 13.3. The average Bonchev–Trinajstić information content (AvgIpc) is 3.61. The van der Waals surface area contributed by atoms with Gasteiger partial charge in [0.1, 0.15) is 12.1 Å². The Kier molecular flexibility index (Phi) is 6.62. The molecule has 0 amide bonds. The fraction of sp³-hybridized carbons (Fsp3) is 0.176. The van der Waals surface area contributed by atoms with Crippen LogP contribution in [0.5, 0.6) is 0 Å². The van der Waals surface area contributed by atoms with Crippen LogP contribution in [0.3, 0.4) is 0 Å². The molecule has 4 nitrogen and oxygen atoms in total. The third-order valence-corrected chi connectivity index (χ3v) is 7.03. The molecule has 38 heavy (non-hydrogen) atoms. The van der Waals surface area contributed by atoms with Gasteiger partial charge in [-0.05, 0) is 36.1 Å². The van der Waals surface area contributed by atoms with E-state index in [-0.39, 0.29) is 24.3 Å². The molecule has 0 spiro atoms. The number of aliphatic imine (C=N–C) groups is 2. The molecule has 4 aromatic rings. The number of allylic oxidation sites excluding steroid dienone is 1. The Bertz CT molecular complexity index is 1370. The Morgan fingerprint density at radius 3 is 1.11 bits per heavy atom. The number of rotatable bonds is 6. The van der Waals surface area contributed by atoms with Crippen molar-refractivity contribution in [1.29, 1.82) is 0 Å². The molecule has 4 heteroatoms. The van der Waals surface area contributed by atoms with Crippen LogP contribution in [0.15, 0.2) is 142 Å². The second kappa shape index (κ2) is 10.5. The number of nitrogens with zero attached hydrogens (tertiary/aromatic N) is 2. The molecular weight excluding hydrogens is 468 g/mol. The topological polar surface area (TPSA) is 43.2 Å². The molecule has 0 unspecified atom stereocenters. The number of benzene rings is 4. The van der Waals surface area contributed by atoms with Crippen LogP contribution in [0.1, 0.15) is 60.4 Å². The predicted octanol–water partition coefficient (Wildman–Crippen LogP) is 8.15. The molecule has 2 heterocycles. The first-order chi connectivity index (χ1) is 18.7. The lowest BCUT2D eigenvalue weighted by molar-refractivity contribution is 0.189. The largest absolute Gasteiger partial charge is 0.466 e. The van der Waals surface area contributed by atoms with Crippen molar-refractivity contribution in [3.8, 4) is 0 Å². The zero-order valence-electron chi connectivity index (χ0n) is 21.6. The first-order valence-corrected chi connectivity index (χ1v) is 13.1. The van der Waals surface area contributed by atoms with Gasteiger partial charge in [0, 0.05) is 0 Å². The van der Waals surface area contributed by atoms with E-state index in [0.717, 1.165) is 33.4 Å². The normalized spacial score (nSPS) is 22.2. The average molecular weight is 499 g/mol. The number of ether oxygens (including phenoxy) is 2. The van der Waals surface area contributed by atoms with E-state index >= 15 is 0 Å². The van der Waals surface area contributed by atoms with Gasteiger partial charge in [0.05, 0.1) is 5.57 Å². The zero-order valence-corrected chi connectivity index (χ0v) is 21.6. The maximum absolute atomic E-state index is 6.66. The standard InChI is InChI=1S/C34H30N2O2/c1-23(2)28(33-35-29(24-15-7-3-8-16-24)31(37-33)26-19-11-5-12-20-26)34-36-30(25-17-9-4-10-18-25)32(38-34)27-21-13-6-14-22-27/h3-22,29-32H,1-2H3/t29-,30-,31+,32+/m1/s1. The van der Waals surface area contributed by atoms with Crippen LogP contribution < -0.4 is 0 Å². The van der Waals surface area contributed by atoms with Gasteiger partial charge in [-0.25, -0.2) is 9.98 Å². The molecule has 4 atom stereocenters. The molecule has 0 N–H and O–H groups in total. The van der Waals surface area contributed by atoms with E-state index < -0.39 is 0 Å². The summed E-state index contributed by atoms with van der Waals surface area (Å²) in [5, 5.41) is 0. The van der Waals surface area contributed by atoms with Gasteiger partial charge in [-0.15, -0.1) is 0 Å².